The Morgan fingerprint density at radius 1 is 1.35 bits per heavy atom. The van der Waals surface area contributed by atoms with Gasteiger partial charge in [0.05, 0.1) is 10.9 Å². The van der Waals surface area contributed by atoms with E-state index >= 15 is 0 Å². The molecule has 0 bridgehead atoms. The Balaban J connectivity index is 2.19. The second kappa shape index (κ2) is 7.75. The van der Waals surface area contributed by atoms with Crippen molar-refractivity contribution in [2.75, 3.05) is 0 Å². The Bertz CT molecular complexity index is 850. The normalized spacial score (nSPS) is 21.0. The second-order valence-corrected chi connectivity index (χ2v) is 8.11. The molecule has 3 rings (SSSR count). The molecule has 0 unspecified atom stereocenters. The predicted octanol–water partition coefficient (Wildman–Crippen LogP) is 5.89. The molecular formula is C20H25BrF2N2O. The highest BCUT2D eigenvalue weighted by Gasteiger charge is 2.46. The Morgan fingerprint density at radius 2 is 2.12 bits per heavy atom. The van der Waals surface area contributed by atoms with Crippen LogP contribution >= 0.6 is 15.9 Å². The van der Waals surface area contributed by atoms with Crippen LogP contribution in [-0.4, -0.2) is 15.5 Å². The van der Waals surface area contributed by atoms with Crippen LogP contribution in [0.3, 0.4) is 0 Å². The summed E-state index contributed by atoms with van der Waals surface area (Å²) in [5.41, 5.74) is 0.437. The van der Waals surface area contributed by atoms with E-state index in [0.717, 1.165) is 17.3 Å². The highest BCUT2D eigenvalue weighted by molar-refractivity contribution is 9.10. The third kappa shape index (κ3) is 3.57. The minimum Gasteiger partial charge on any atom is -0.296 e. The number of hydrogen-bond donors (Lipinski definition) is 0. The Morgan fingerprint density at radius 3 is 2.77 bits per heavy atom. The van der Waals surface area contributed by atoms with Crippen LogP contribution in [0.4, 0.5) is 8.78 Å². The van der Waals surface area contributed by atoms with Crippen LogP contribution in [0.25, 0.3) is 10.9 Å². The van der Waals surface area contributed by atoms with Crippen LogP contribution in [0.2, 0.25) is 0 Å². The summed E-state index contributed by atoms with van der Waals surface area (Å²) >= 11 is 3.39. The molecule has 0 saturated heterocycles. The summed E-state index contributed by atoms with van der Waals surface area (Å²) in [4.78, 5) is 17.7. The van der Waals surface area contributed by atoms with E-state index in [1.165, 1.54) is 0 Å². The van der Waals surface area contributed by atoms with E-state index in [1.54, 1.807) is 16.7 Å². The maximum Gasteiger partial charge on any atom is 0.261 e. The third-order valence-electron chi connectivity index (χ3n) is 5.50. The number of benzene rings is 1. The summed E-state index contributed by atoms with van der Waals surface area (Å²) in [5.74, 6) is -3.30. The van der Waals surface area contributed by atoms with Crippen LogP contribution in [0, 0.1) is 5.92 Å². The summed E-state index contributed by atoms with van der Waals surface area (Å²) in [6.45, 7) is 4.31. The fourth-order valence-electron chi connectivity index (χ4n) is 4.24. The molecule has 0 spiro atoms. The first-order chi connectivity index (χ1) is 12.4. The van der Waals surface area contributed by atoms with E-state index in [2.05, 4.69) is 15.9 Å². The van der Waals surface area contributed by atoms with E-state index < -0.39 is 17.8 Å². The molecule has 6 heteroatoms. The molecular weight excluding hydrogens is 402 g/mol. The van der Waals surface area contributed by atoms with Gasteiger partial charge in [0.1, 0.15) is 5.82 Å². The molecule has 0 aliphatic heterocycles. The minimum absolute atomic E-state index is 0.0607. The third-order valence-corrected chi connectivity index (χ3v) is 5.99. The number of rotatable bonds is 5. The van der Waals surface area contributed by atoms with Crippen LogP contribution in [0.1, 0.15) is 64.1 Å². The molecule has 1 heterocycles. The van der Waals surface area contributed by atoms with Gasteiger partial charge in [0.2, 0.25) is 0 Å². The van der Waals surface area contributed by atoms with Crippen molar-refractivity contribution in [2.24, 2.45) is 5.92 Å². The monoisotopic (exact) mass is 426 g/mol. The van der Waals surface area contributed by atoms with Crippen molar-refractivity contribution >= 4 is 26.8 Å². The van der Waals surface area contributed by atoms with E-state index in [4.69, 9.17) is 4.98 Å². The lowest BCUT2D eigenvalue weighted by molar-refractivity contribution is -0.0972. The smallest absolute Gasteiger partial charge is 0.261 e. The molecule has 0 radical (unpaired) electrons. The Labute approximate surface area is 160 Å². The van der Waals surface area contributed by atoms with Crippen molar-refractivity contribution in [3.8, 4) is 0 Å². The number of fused-ring (bicyclic) bond motifs is 1. The molecule has 142 valence electrons. The molecule has 1 aliphatic carbocycles. The van der Waals surface area contributed by atoms with Crippen molar-refractivity contribution in [3.63, 3.8) is 0 Å². The summed E-state index contributed by atoms with van der Waals surface area (Å²) in [6.07, 6.45) is 3.23. The van der Waals surface area contributed by atoms with Crippen molar-refractivity contribution in [2.45, 2.75) is 70.8 Å². The molecule has 2 atom stereocenters. The molecule has 1 aromatic heterocycles. The number of nitrogens with zero attached hydrogens (tertiary/aromatic N) is 2. The first-order valence-corrected chi connectivity index (χ1v) is 10.3. The van der Waals surface area contributed by atoms with E-state index in [-0.39, 0.29) is 12.0 Å². The molecule has 1 fully saturated rings. The molecule has 2 aromatic rings. The minimum atomic E-state index is -2.69. The fraction of sp³-hybridized carbons (Fsp3) is 0.600. The van der Waals surface area contributed by atoms with Gasteiger partial charge in [-0.3, -0.25) is 9.36 Å². The zero-order chi connectivity index (χ0) is 18.9. The zero-order valence-corrected chi connectivity index (χ0v) is 16.9. The van der Waals surface area contributed by atoms with Gasteiger partial charge in [-0.25, -0.2) is 13.8 Å². The van der Waals surface area contributed by atoms with Gasteiger partial charge in [-0.15, -0.1) is 0 Å². The van der Waals surface area contributed by atoms with Gasteiger partial charge in [-0.05, 0) is 44.4 Å². The topological polar surface area (TPSA) is 34.9 Å². The highest BCUT2D eigenvalue weighted by atomic mass is 79.9. The maximum atomic E-state index is 14.7. The lowest BCUT2D eigenvalue weighted by Gasteiger charge is -2.37. The van der Waals surface area contributed by atoms with Gasteiger partial charge in [0.15, 0.2) is 0 Å². The largest absolute Gasteiger partial charge is 0.296 e. The molecule has 3 nitrogen and oxygen atoms in total. The Hall–Kier alpha value is -1.30. The lowest BCUT2D eigenvalue weighted by atomic mass is 9.75. The van der Waals surface area contributed by atoms with Gasteiger partial charge in [0.25, 0.3) is 11.5 Å². The van der Waals surface area contributed by atoms with Gasteiger partial charge in [0, 0.05) is 29.3 Å². The lowest BCUT2D eigenvalue weighted by Crippen LogP contribution is -2.39. The van der Waals surface area contributed by atoms with Gasteiger partial charge < -0.3 is 0 Å². The zero-order valence-electron chi connectivity index (χ0n) is 15.3. The van der Waals surface area contributed by atoms with Crippen LogP contribution in [0.5, 0.6) is 0 Å². The van der Waals surface area contributed by atoms with Gasteiger partial charge in [-0.2, -0.15) is 0 Å². The van der Waals surface area contributed by atoms with Crippen molar-refractivity contribution in [1.29, 1.82) is 0 Å². The van der Waals surface area contributed by atoms with Crippen molar-refractivity contribution in [3.05, 3.63) is 38.9 Å². The SMILES string of the molecule is CCC[C@H](c1nc2ccc(Br)cc2c(=O)n1CC)[C@H]1CCCCC1(F)F. The number of halogens is 3. The Kier molecular flexibility index (Phi) is 5.80. The first-order valence-electron chi connectivity index (χ1n) is 9.46. The van der Waals surface area contributed by atoms with Crippen molar-refractivity contribution in [1.82, 2.24) is 9.55 Å². The maximum absolute atomic E-state index is 14.7. The number of hydrogen-bond acceptors (Lipinski definition) is 2. The molecule has 26 heavy (non-hydrogen) atoms. The molecule has 0 N–H and O–H groups in total. The summed E-state index contributed by atoms with van der Waals surface area (Å²) in [5, 5.41) is 0.524. The van der Waals surface area contributed by atoms with Crippen LogP contribution in [0.15, 0.2) is 27.5 Å². The van der Waals surface area contributed by atoms with Gasteiger partial charge >= 0.3 is 0 Å². The summed E-state index contributed by atoms with van der Waals surface area (Å²) < 4.78 is 31.8. The number of aromatic nitrogens is 2. The summed E-state index contributed by atoms with van der Waals surface area (Å²) in [6, 6.07) is 5.37. The van der Waals surface area contributed by atoms with Crippen LogP contribution in [-0.2, 0) is 6.54 Å². The highest BCUT2D eigenvalue weighted by Crippen LogP contribution is 2.47. The van der Waals surface area contributed by atoms with E-state index in [1.807, 2.05) is 19.9 Å². The quantitative estimate of drug-likeness (QED) is 0.597. The van der Waals surface area contributed by atoms with Gasteiger partial charge in [-0.1, -0.05) is 35.7 Å². The molecule has 0 amide bonds. The molecule has 1 saturated carbocycles. The van der Waals surface area contributed by atoms with E-state index in [0.29, 0.717) is 42.5 Å². The number of alkyl halides is 2. The molecule has 1 aliphatic rings. The van der Waals surface area contributed by atoms with Crippen molar-refractivity contribution < 1.29 is 8.78 Å². The summed E-state index contributed by atoms with van der Waals surface area (Å²) in [7, 11) is 0. The standard InChI is InChI=1S/C20H25BrF2N2O/c1-3-7-14(16-8-5-6-11-20(16,22)23)18-24-17-10-9-13(21)12-15(17)19(26)25(18)4-2/h9-10,12,14,16H,3-8,11H2,1-2H3/t14-,16+/m0/s1. The van der Waals surface area contributed by atoms with Crippen LogP contribution < -0.4 is 5.56 Å². The average Bonchev–Trinajstić information content (AvgIpc) is 2.60. The average molecular weight is 427 g/mol. The molecule has 1 aromatic carbocycles. The second-order valence-electron chi connectivity index (χ2n) is 7.19. The predicted molar refractivity (Wildman–Crippen MR) is 104 cm³/mol. The van der Waals surface area contributed by atoms with E-state index in [9.17, 15) is 13.6 Å². The fourth-order valence-corrected chi connectivity index (χ4v) is 4.60. The first kappa shape index (κ1) is 19.5.